The third-order valence-electron chi connectivity index (χ3n) is 5.21. The molecule has 2 aromatic carbocycles. The predicted molar refractivity (Wildman–Crippen MR) is 102 cm³/mol. The Morgan fingerprint density at radius 3 is 2.32 bits per heavy atom. The summed E-state index contributed by atoms with van der Waals surface area (Å²) in [6, 6.07) is 17.6. The van der Waals surface area contributed by atoms with Crippen molar-refractivity contribution >= 4 is 0 Å². The third-order valence-corrected chi connectivity index (χ3v) is 5.21. The van der Waals surface area contributed by atoms with Crippen LogP contribution >= 0.6 is 0 Å². The van der Waals surface area contributed by atoms with Crippen molar-refractivity contribution in [1.29, 1.82) is 0 Å². The maximum absolute atomic E-state index is 6.12. The predicted octanol–water partition coefficient (Wildman–Crippen LogP) is 4.59. The molecule has 0 spiro atoms. The van der Waals surface area contributed by atoms with Gasteiger partial charge in [-0.25, -0.2) is 0 Å². The van der Waals surface area contributed by atoms with Gasteiger partial charge in [-0.15, -0.1) is 0 Å². The number of ether oxygens (including phenoxy) is 1. The van der Waals surface area contributed by atoms with Crippen molar-refractivity contribution in [3.63, 3.8) is 0 Å². The van der Waals surface area contributed by atoms with Crippen LogP contribution < -0.4 is 10.1 Å². The van der Waals surface area contributed by atoms with Crippen molar-refractivity contribution in [2.45, 2.75) is 38.8 Å². The van der Waals surface area contributed by atoms with Crippen LogP contribution in [0.5, 0.6) is 11.5 Å². The van der Waals surface area contributed by atoms with Crippen LogP contribution in [0.1, 0.15) is 43.9 Å². The van der Waals surface area contributed by atoms with E-state index in [0.717, 1.165) is 24.0 Å². The fourth-order valence-corrected chi connectivity index (χ4v) is 4.20. The lowest BCUT2D eigenvalue weighted by atomic mass is 9.92. The van der Waals surface area contributed by atoms with Crippen LogP contribution in [0.3, 0.4) is 0 Å². The number of nitrogens with one attached hydrogen (secondary N) is 1. The highest BCUT2D eigenvalue weighted by molar-refractivity contribution is 5.52. The highest BCUT2D eigenvalue weighted by Gasteiger charge is 2.30. The molecule has 2 aromatic rings. The van der Waals surface area contributed by atoms with Crippen LogP contribution in [-0.4, -0.2) is 30.6 Å². The monoisotopic (exact) mass is 336 g/mol. The van der Waals surface area contributed by atoms with Gasteiger partial charge in [0, 0.05) is 30.3 Å². The van der Waals surface area contributed by atoms with Gasteiger partial charge in [-0.1, -0.05) is 50.2 Å². The molecule has 2 aliphatic heterocycles. The van der Waals surface area contributed by atoms with Gasteiger partial charge in [0.2, 0.25) is 0 Å². The summed E-state index contributed by atoms with van der Waals surface area (Å²) in [5.74, 6) is 2.69. The summed E-state index contributed by atoms with van der Waals surface area (Å²) in [5.41, 5.74) is 2.50. The van der Waals surface area contributed by atoms with Crippen LogP contribution in [0.25, 0.3) is 0 Å². The number of likely N-dealkylation sites (tertiary alicyclic amines) is 1. The van der Waals surface area contributed by atoms with Crippen molar-refractivity contribution in [1.82, 2.24) is 10.2 Å². The van der Waals surface area contributed by atoms with Crippen molar-refractivity contribution in [2.24, 2.45) is 5.92 Å². The Morgan fingerprint density at radius 2 is 1.68 bits per heavy atom. The number of piperidine rings is 1. The molecule has 0 bridgehead atoms. The maximum Gasteiger partial charge on any atom is 0.132 e. The standard InChI is InChI=1S/C22H28N2O/c1-16(2)14-24-13-7-8-17(15-24)23-22-18-9-3-5-11-20(18)25-21-12-6-4-10-19(21)22/h3-6,9-12,16-17,22-23H,7-8,13-15H2,1-2H3. The maximum atomic E-state index is 6.12. The van der Waals surface area contributed by atoms with E-state index < -0.39 is 0 Å². The van der Waals surface area contributed by atoms with Gasteiger partial charge in [0.15, 0.2) is 0 Å². The van der Waals surface area contributed by atoms with E-state index in [0.29, 0.717) is 6.04 Å². The lowest BCUT2D eigenvalue weighted by Crippen LogP contribution is -2.48. The Labute approximate surface area is 151 Å². The molecule has 1 saturated heterocycles. The number of fused-ring (bicyclic) bond motifs is 2. The summed E-state index contributed by atoms with van der Waals surface area (Å²) >= 11 is 0. The molecule has 1 atom stereocenters. The van der Waals surface area contributed by atoms with Gasteiger partial charge in [0.1, 0.15) is 11.5 Å². The van der Waals surface area contributed by atoms with Gasteiger partial charge >= 0.3 is 0 Å². The minimum absolute atomic E-state index is 0.213. The van der Waals surface area contributed by atoms with E-state index in [-0.39, 0.29) is 6.04 Å². The van der Waals surface area contributed by atoms with E-state index in [1.807, 2.05) is 0 Å². The number of para-hydroxylation sites is 2. The van der Waals surface area contributed by atoms with E-state index >= 15 is 0 Å². The van der Waals surface area contributed by atoms with Crippen molar-refractivity contribution < 1.29 is 4.74 Å². The average Bonchev–Trinajstić information content (AvgIpc) is 2.61. The second-order valence-electron chi connectivity index (χ2n) is 7.77. The van der Waals surface area contributed by atoms with Crippen LogP contribution in [0.4, 0.5) is 0 Å². The highest BCUT2D eigenvalue weighted by atomic mass is 16.5. The average molecular weight is 336 g/mol. The second kappa shape index (κ2) is 7.19. The lowest BCUT2D eigenvalue weighted by Gasteiger charge is -2.38. The Bertz CT molecular complexity index is 682. The van der Waals surface area contributed by atoms with Crippen molar-refractivity contribution in [2.75, 3.05) is 19.6 Å². The zero-order valence-electron chi connectivity index (χ0n) is 15.2. The topological polar surface area (TPSA) is 24.5 Å². The summed E-state index contributed by atoms with van der Waals surface area (Å²) in [4.78, 5) is 2.61. The molecule has 132 valence electrons. The third kappa shape index (κ3) is 3.58. The first-order valence-electron chi connectivity index (χ1n) is 9.55. The molecule has 4 rings (SSSR count). The number of hydrogen-bond donors (Lipinski definition) is 1. The minimum atomic E-state index is 0.213. The number of nitrogens with zero attached hydrogens (tertiary/aromatic N) is 1. The van der Waals surface area contributed by atoms with Crippen LogP contribution in [0.2, 0.25) is 0 Å². The smallest absolute Gasteiger partial charge is 0.132 e. The van der Waals surface area contributed by atoms with Crippen LogP contribution in [0.15, 0.2) is 48.5 Å². The first-order valence-corrected chi connectivity index (χ1v) is 9.55. The normalized spacial score (nSPS) is 20.8. The molecule has 2 heterocycles. The molecule has 0 saturated carbocycles. The van der Waals surface area contributed by atoms with E-state index in [1.165, 1.54) is 37.1 Å². The quantitative estimate of drug-likeness (QED) is 0.883. The van der Waals surface area contributed by atoms with Crippen molar-refractivity contribution in [3.8, 4) is 11.5 Å². The molecular formula is C22H28N2O. The molecule has 0 radical (unpaired) electrons. The summed E-state index contributed by atoms with van der Waals surface area (Å²) in [6.45, 7) is 8.18. The summed E-state index contributed by atoms with van der Waals surface area (Å²) in [7, 11) is 0. The molecular weight excluding hydrogens is 308 g/mol. The van der Waals surface area contributed by atoms with Crippen LogP contribution in [0, 0.1) is 5.92 Å². The fourth-order valence-electron chi connectivity index (χ4n) is 4.20. The zero-order valence-corrected chi connectivity index (χ0v) is 15.2. The SMILES string of the molecule is CC(C)CN1CCCC(NC2c3ccccc3Oc3ccccc32)C1. The van der Waals surface area contributed by atoms with Crippen molar-refractivity contribution in [3.05, 3.63) is 59.7 Å². The Balaban J connectivity index is 1.58. The molecule has 1 fully saturated rings. The Hall–Kier alpha value is -1.84. The Morgan fingerprint density at radius 1 is 1.04 bits per heavy atom. The molecule has 1 N–H and O–H groups in total. The largest absolute Gasteiger partial charge is 0.457 e. The van der Waals surface area contributed by atoms with E-state index in [4.69, 9.17) is 4.74 Å². The van der Waals surface area contributed by atoms with E-state index in [1.54, 1.807) is 0 Å². The first kappa shape index (κ1) is 16.6. The van der Waals surface area contributed by atoms with Gasteiger partial charge in [0.25, 0.3) is 0 Å². The summed E-state index contributed by atoms with van der Waals surface area (Å²) < 4.78 is 6.12. The van der Waals surface area contributed by atoms with Gasteiger partial charge in [-0.2, -0.15) is 0 Å². The summed E-state index contributed by atoms with van der Waals surface area (Å²) in [5, 5.41) is 3.95. The van der Waals surface area contributed by atoms with E-state index in [2.05, 4.69) is 72.6 Å². The molecule has 2 aliphatic rings. The molecule has 25 heavy (non-hydrogen) atoms. The number of hydrogen-bond acceptors (Lipinski definition) is 3. The molecule has 3 nitrogen and oxygen atoms in total. The first-order chi connectivity index (χ1) is 12.2. The molecule has 0 amide bonds. The van der Waals surface area contributed by atoms with Gasteiger partial charge in [-0.05, 0) is 37.4 Å². The number of rotatable bonds is 4. The lowest BCUT2D eigenvalue weighted by molar-refractivity contribution is 0.168. The van der Waals surface area contributed by atoms with Gasteiger partial charge in [-0.3, -0.25) is 0 Å². The molecule has 0 aliphatic carbocycles. The van der Waals surface area contributed by atoms with Crippen LogP contribution in [-0.2, 0) is 0 Å². The van der Waals surface area contributed by atoms with Gasteiger partial charge < -0.3 is 15.0 Å². The fraction of sp³-hybridized carbons (Fsp3) is 0.455. The zero-order chi connectivity index (χ0) is 17.2. The minimum Gasteiger partial charge on any atom is -0.457 e. The van der Waals surface area contributed by atoms with Gasteiger partial charge in [0.05, 0.1) is 6.04 Å². The second-order valence-corrected chi connectivity index (χ2v) is 7.77. The molecule has 3 heteroatoms. The molecule has 1 unspecified atom stereocenters. The number of benzene rings is 2. The van der Waals surface area contributed by atoms with E-state index in [9.17, 15) is 0 Å². The highest BCUT2D eigenvalue weighted by Crippen LogP contribution is 2.42. The summed E-state index contributed by atoms with van der Waals surface area (Å²) in [6.07, 6.45) is 2.52. The Kier molecular flexibility index (Phi) is 4.78. The molecule has 0 aromatic heterocycles.